The van der Waals surface area contributed by atoms with Crippen LogP contribution >= 0.6 is 0 Å². The minimum Gasteiger partial charge on any atom is -0.504 e. The number of phenols is 1. The van der Waals surface area contributed by atoms with Crippen molar-refractivity contribution in [3.8, 4) is 23.0 Å². The van der Waals surface area contributed by atoms with E-state index in [2.05, 4.69) is 27.7 Å². The van der Waals surface area contributed by atoms with Gasteiger partial charge in [-0.25, -0.2) is 9.59 Å². The Balaban J connectivity index is 1.71. The van der Waals surface area contributed by atoms with Crippen LogP contribution in [0.4, 0.5) is 4.79 Å². The molecule has 0 fully saturated rings. The summed E-state index contributed by atoms with van der Waals surface area (Å²) in [5.74, 6) is 0.508. The number of hydrogen-bond acceptors (Lipinski definition) is 10. The first-order chi connectivity index (χ1) is 19.7. The number of aliphatic hydroxyl groups is 1. The molecule has 0 unspecified atom stereocenters. The number of carbonyl (C=O) groups excluding carboxylic acids is 2. The first-order valence-corrected chi connectivity index (χ1v) is 13.0. The maximum Gasteiger partial charge on any atom is 0.337 e. The molecule has 0 aliphatic carbocycles. The van der Waals surface area contributed by atoms with E-state index >= 15 is 0 Å². The van der Waals surface area contributed by atoms with Crippen LogP contribution in [0.2, 0.25) is 0 Å². The predicted octanol–water partition coefficient (Wildman–Crippen LogP) is 3.04. The van der Waals surface area contributed by atoms with Crippen molar-refractivity contribution in [2.45, 2.75) is 39.5 Å². The smallest absolute Gasteiger partial charge is 0.337 e. The lowest BCUT2D eigenvalue weighted by molar-refractivity contribution is -0.136. The molecule has 1 heterocycles. The number of hydrogen-bond donors (Lipinski definition) is 5. The fraction of sp³-hybridized carbons (Fsp3) is 0.345. The third-order valence-electron chi connectivity index (χ3n) is 5.95. The number of urea groups is 1. The predicted molar refractivity (Wildman–Crippen MR) is 152 cm³/mol. The van der Waals surface area contributed by atoms with Gasteiger partial charge in [0, 0.05) is 11.3 Å². The highest BCUT2D eigenvalue weighted by Gasteiger charge is 2.32. The number of ether oxygens (including phenoxy) is 4. The highest BCUT2D eigenvalue weighted by atomic mass is 16.5. The average molecular weight is 569 g/mol. The molecule has 2 atom stereocenters. The number of rotatable bonds is 14. The lowest BCUT2D eigenvalue weighted by atomic mass is 9.95. The third-order valence-corrected chi connectivity index (χ3v) is 5.95. The summed E-state index contributed by atoms with van der Waals surface area (Å²) in [5, 5.41) is 30.1. The van der Waals surface area contributed by atoms with Gasteiger partial charge in [-0.2, -0.15) is 5.10 Å². The highest BCUT2D eigenvalue weighted by molar-refractivity contribution is 5.95. The molecule has 41 heavy (non-hydrogen) atoms. The summed E-state index contributed by atoms with van der Waals surface area (Å²) in [6.45, 7) is 9.49. The van der Waals surface area contributed by atoms with Gasteiger partial charge in [-0.3, -0.25) is 5.43 Å². The van der Waals surface area contributed by atoms with Gasteiger partial charge < -0.3 is 39.8 Å². The molecule has 1 aliphatic heterocycles. The van der Waals surface area contributed by atoms with Gasteiger partial charge in [0.1, 0.15) is 6.61 Å². The number of esters is 1. The van der Waals surface area contributed by atoms with E-state index in [9.17, 15) is 19.8 Å². The zero-order valence-corrected chi connectivity index (χ0v) is 23.5. The number of phenolic OH excluding ortho intramolecular Hbond substituents is 1. The van der Waals surface area contributed by atoms with E-state index < -0.39 is 24.3 Å². The number of amides is 2. The van der Waals surface area contributed by atoms with Crippen molar-refractivity contribution in [3.05, 3.63) is 70.9 Å². The fourth-order valence-electron chi connectivity index (χ4n) is 4.16. The Kier molecular flexibility index (Phi) is 11.0. The van der Waals surface area contributed by atoms with Crippen molar-refractivity contribution >= 4 is 18.2 Å². The Labute approximate surface area is 238 Å². The summed E-state index contributed by atoms with van der Waals surface area (Å²) in [6.07, 6.45) is 2.44. The molecule has 2 aromatic rings. The van der Waals surface area contributed by atoms with Crippen LogP contribution in [-0.4, -0.2) is 61.6 Å². The Morgan fingerprint density at radius 2 is 1.88 bits per heavy atom. The second-order valence-electron chi connectivity index (χ2n) is 8.87. The Bertz CT molecular complexity index is 1320. The lowest BCUT2D eigenvalue weighted by Crippen LogP contribution is -2.45. The average Bonchev–Trinajstić information content (AvgIpc) is 2.94. The normalized spacial score (nSPS) is 15.5. The first kappa shape index (κ1) is 30.8. The van der Waals surface area contributed by atoms with E-state index in [0.717, 1.165) is 0 Å². The summed E-state index contributed by atoms with van der Waals surface area (Å²) < 4.78 is 21.9. The van der Waals surface area contributed by atoms with E-state index in [1.165, 1.54) is 13.3 Å². The van der Waals surface area contributed by atoms with E-state index in [-0.39, 0.29) is 17.9 Å². The molecule has 0 saturated heterocycles. The number of benzene rings is 2. The maximum atomic E-state index is 12.4. The largest absolute Gasteiger partial charge is 0.504 e. The fourth-order valence-corrected chi connectivity index (χ4v) is 4.16. The second kappa shape index (κ2) is 14.6. The standard InChI is InChI=1S/C29H36N4O8/c1-6-9-20-12-18(13-23(27(20)35)40-8-3)15-30-33-24(34)16-41-21-11-10-19(14-22(21)39-7-2)26-25(28(36)38-5)17(4)31-29(37)32-26/h6,10-15,24,26,33-35H,1,7-9,16H2,2-5H3,(H2,31,32,37)/b30-15-/t24-,26-/m1/s1. The number of aromatic hydroxyl groups is 1. The van der Waals surface area contributed by atoms with E-state index in [4.69, 9.17) is 18.9 Å². The van der Waals surface area contributed by atoms with Crippen LogP contribution in [0.15, 0.2) is 59.4 Å². The summed E-state index contributed by atoms with van der Waals surface area (Å²) in [4.78, 5) is 24.5. The van der Waals surface area contributed by atoms with E-state index in [1.807, 2.05) is 6.92 Å². The molecule has 220 valence electrons. The summed E-state index contributed by atoms with van der Waals surface area (Å²) in [6, 6.07) is 7.14. The van der Waals surface area contributed by atoms with Gasteiger partial charge in [0.2, 0.25) is 0 Å². The van der Waals surface area contributed by atoms with Gasteiger partial charge in [0.05, 0.1) is 38.2 Å². The van der Waals surface area contributed by atoms with Crippen LogP contribution in [0.5, 0.6) is 23.0 Å². The van der Waals surface area contributed by atoms with Crippen molar-refractivity contribution in [1.29, 1.82) is 0 Å². The second-order valence-corrected chi connectivity index (χ2v) is 8.87. The molecule has 0 saturated carbocycles. The summed E-state index contributed by atoms with van der Waals surface area (Å²) in [7, 11) is 1.27. The molecule has 0 radical (unpaired) electrons. The van der Waals surface area contributed by atoms with Gasteiger partial charge in [0.25, 0.3) is 0 Å². The molecule has 2 amide bonds. The Morgan fingerprint density at radius 1 is 1.15 bits per heavy atom. The highest BCUT2D eigenvalue weighted by Crippen LogP contribution is 2.35. The monoisotopic (exact) mass is 568 g/mol. The number of methoxy groups -OCH3 is 1. The Hall–Kier alpha value is -4.71. The molecular weight excluding hydrogens is 532 g/mol. The molecule has 12 nitrogen and oxygen atoms in total. The van der Waals surface area contributed by atoms with Crippen molar-refractivity contribution in [1.82, 2.24) is 16.1 Å². The van der Waals surface area contributed by atoms with Gasteiger partial charge in [-0.15, -0.1) is 6.58 Å². The van der Waals surface area contributed by atoms with Gasteiger partial charge in [0.15, 0.2) is 29.2 Å². The van der Waals surface area contributed by atoms with E-state index in [1.54, 1.807) is 50.3 Å². The zero-order chi connectivity index (χ0) is 29.9. The first-order valence-electron chi connectivity index (χ1n) is 13.0. The molecular formula is C29H36N4O8. The molecule has 0 aromatic heterocycles. The molecule has 1 aliphatic rings. The number of hydrazone groups is 1. The van der Waals surface area contributed by atoms with Crippen LogP contribution in [-0.2, 0) is 16.0 Å². The van der Waals surface area contributed by atoms with Crippen molar-refractivity contribution in [2.24, 2.45) is 5.10 Å². The van der Waals surface area contributed by atoms with Crippen molar-refractivity contribution in [2.75, 3.05) is 26.9 Å². The Morgan fingerprint density at radius 3 is 2.56 bits per heavy atom. The van der Waals surface area contributed by atoms with Crippen molar-refractivity contribution < 1.29 is 38.7 Å². The number of nitrogens with zero attached hydrogens (tertiary/aromatic N) is 1. The van der Waals surface area contributed by atoms with Crippen LogP contribution in [0.3, 0.4) is 0 Å². The summed E-state index contributed by atoms with van der Waals surface area (Å²) >= 11 is 0. The molecule has 5 N–H and O–H groups in total. The number of carbonyl (C=O) groups is 2. The molecule has 12 heteroatoms. The third kappa shape index (κ3) is 7.92. The number of nitrogens with one attached hydrogen (secondary N) is 3. The topological polar surface area (TPSA) is 160 Å². The number of allylic oxidation sites excluding steroid dienone is 2. The lowest BCUT2D eigenvalue weighted by Gasteiger charge is -2.28. The molecule has 2 aromatic carbocycles. The van der Waals surface area contributed by atoms with Crippen LogP contribution in [0, 0.1) is 0 Å². The zero-order valence-electron chi connectivity index (χ0n) is 23.5. The molecule has 3 rings (SSSR count). The molecule has 0 spiro atoms. The van der Waals surface area contributed by atoms with Crippen LogP contribution < -0.4 is 30.3 Å². The quantitative estimate of drug-likeness (QED) is 0.0759. The maximum absolute atomic E-state index is 12.4. The van der Waals surface area contributed by atoms with Gasteiger partial charge >= 0.3 is 12.0 Å². The van der Waals surface area contributed by atoms with Crippen LogP contribution in [0.25, 0.3) is 0 Å². The van der Waals surface area contributed by atoms with E-state index in [0.29, 0.717) is 59.3 Å². The molecule has 0 bridgehead atoms. The van der Waals surface area contributed by atoms with Gasteiger partial charge in [-0.1, -0.05) is 12.1 Å². The number of aliphatic hydroxyl groups excluding tert-OH is 1. The van der Waals surface area contributed by atoms with Crippen LogP contribution in [0.1, 0.15) is 43.5 Å². The van der Waals surface area contributed by atoms with Gasteiger partial charge in [-0.05, 0) is 62.6 Å². The summed E-state index contributed by atoms with van der Waals surface area (Å²) in [5.41, 5.74) is 5.11. The minimum absolute atomic E-state index is 0.0524. The minimum atomic E-state index is -1.17. The van der Waals surface area contributed by atoms with Crippen molar-refractivity contribution in [3.63, 3.8) is 0 Å². The SMILES string of the molecule is C=CCc1cc(/C=N\N[C@H](O)COc2ccc([C@H]3NC(=O)NC(C)=C3C(=O)OC)cc2OCC)cc(OCC)c1O.